The van der Waals surface area contributed by atoms with Gasteiger partial charge in [-0.3, -0.25) is 10.1 Å². The Labute approximate surface area is 104 Å². The Morgan fingerprint density at radius 1 is 1.33 bits per heavy atom. The topological polar surface area (TPSA) is 55.2 Å². The van der Waals surface area contributed by atoms with Gasteiger partial charge >= 0.3 is 0 Å². The highest BCUT2D eigenvalue weighted by Gasteiger charge is 2.14. The SMILES string of the molecule is CC(C)Nc1c(Br)cc([N+](=O)[O-])cc1Br. The molecule has 6 heteroatoms. The van der Waals surface area contributed by atoms with E-state index < -0.39 is 4.92 Å². The standard InChI is InChI=1S/C9H10Br2N2O2/c1-5(2)12-9-7(10)3-6(13(14)15)4-8(9)11/h3-5,12H,1-2H3. The van der Waals surface area contributed by atoms with Crippen LogP contribution in [0, 0.1) is 10.1 Å². The zero-order valence-electron chi connectivity index (χ0n) is 8.25. The molecule has 0 aliphatic rings. The van der Waals surface area contributed by atoms with E-state index in [-0.39, 0.29) is 11.7 Å². The summed E-state index contributed by atoms with van der Waals surface area (Å²) in [7, 11) is 0. The number of nitrogens with zero attached hydrogens (tertiary/aromatic N) is 1. The van der Waals surface area contributed by atoms with Crippen molar-refractivity contribution >= 4 is 43.2 Å². The van der Waals surface area contributed by atoms with E-state index >= 15 is 0 Å². The van der Waals surface area contributed by atoms with Gasteiger partial charge in [-0.1, -0.05) is 0 Å². The molecule has 0 saturated carbocycles. The molecule has 1 aromatic rings. The molecule has 4 nitrogen and oxygen atoms in total. The van der Waals surface area contributed by atoms with E-state index in [0.29, 0.717) is 8.95 Å². The molecule has 0 amide bonds. The molecule has 0 atom stereocenters. The predicted octanol–water partition coefficient (Wildman–Crippen LogP) is 3.94. The maximum absolute atomic E-state index is 10.6. The van der Waals surface area contributed by atoms with Gasteiger partial charge in [-0.2, -0.15) is 0 Å². The summed E-state index contributed by atoms with van der Waals surface area (Å²) in [6.45, 7) is 4.00. The Bertz CT molecular complexity index is 371. The van der Waals surface area contributed by atoms with Crippen LogP contribution in [0.2, 0.25) is 0 Å². The minimum absolute atomic E-state index is 0.0584. The first-order valence-corrected chi connectivity index (χ1v) is 5.90. The molecule has 1 N–H and O–H groups in total. The van der Waals surface area contributed by atoms with Gasteiger partial charge in [-0.15, -0.1) is 0 Å². The molecule has 0 aliphatic heterocycles. The van der Waals surface area contributed by atoms with Crippen molar-refractivity contribution in [3.05, 3.63) is 31.2 Å². The van der Waals surface area contributed by atoms with E-state index in [9.17, 15) is 10.1 Å². The fraction of sp³-hybridized carbons (Fsp3) is 0.333. The molecule has 0 heterocycles. The maximum atomic E-state index is 10.6. The summed E-state index contributed by atoms with van der Waals surface area (Å²) < 4.78 is 1.36. The van der Waals surface area contributed by atoms with E-state index in [1.807, 2.05) is 13.8 Å². The molecule has 82 valence electrons. The molecule has 1 rings (SSSR count). The summed E-state index contributed by atoms with van der Waals surface area (Å²) in [5.74, 6) is 0. The van der Waals surface area contributed by atoms with Gasteiger partial charge in [0.25, 0.3) is 5.69 Å². The van der Waals surface area contributed by atoms with Gasteiger partial charge in [0.05, 0.1) is 10.6 Å². The van der Waals surface area contributed by atoms with Gasteiger partial charge in [-0.25, -0.2) is 0 Å². The molecule has 0 aromatic heterocycles. The number of hydrogen-bond acceptors (Lipinski definition) is 3. The summed E-state index contributed by atoms with van der Waals surface area (Å²) in [5.41, 5.74) is 0.888. The summed E-state index contributed by atoms with van der Waals surface area (Å²) in [6, 6.07) is 3.23. The molecule has 0 saturated heterocycles. The lowest BCUT2D eigenvalue weighted by Crippen LogP contribution is -2.10. The summed E-state index contributed by atoms with van der Waals surface area (Å²) in [5, 5.41) is 13.8. The van der Waals surface area contributed by atoms with Crippen LogP contribution in [0.5, 0.6) is 0 Å². The number of nitro benzene ring substituents is 1. The highest BCUT2D eigenvalue weighted by atomic mass is 79.9. The summed E-state index contributed by atoms with van der Waals surface area (Å²) in [6.07, 6.45) is 0. The Balaban J connectivity index is 3.15. The van der Waals surface area contributed by atoms with Gasteiger partial charge in [0.2, 0.25) is 0 Å². The van der Waals surface area contributed by atoms with Crippen molar-refractivity contribution in [2.45, 2.75) is 19.9 Å². The van der Waals surface area contributed by atoms with Gasteiger partial charge in [0, 0.05) is 27.1 Å². The molecule has 0 bridgehead atoms. The van der Waals surface area contributed by atoms with Crippen molar-refractivity contribution < 1.29 is 4.92 Å². The highest BCUT2D eigenvalue weighted by Crippen LogP contribution is 2.35. The highest BCUT2D eigenvalue weighted by molar-refractivity contribution is 9.11. The lowest BCUT2D eigenvalue weighted by Gasteiger charge is -2.13. The predicted molar refractivity (Wildman–Crippen MR) is 67.3 cm³/mol. The minimum atomic E-state index is -0.422. The molecule has 0 radical (unpaired) electrons. The van der Waals surface area contributed by atoms with Crippen LogP contribution in [-0.2, 0) is 0 Å². The van der Waals surface area contributed by atoms with Crippen molar-refractivity contribution in [3.63, 3.8) is 0 Å². The molecule has 0 aliphatic carbocycles. The van der Waals surface area contributed by atoms with Crippen molar-refractivity contribution in [1.29, 1.82) is 0 Å². The normalized spacial score (nSPS) is 10.5. The molecule has 1 aromatic carbocycles. The first-order valence-electron chi connectivity index (χ1n) is 4.31. The number of hydrogen-bond donors (Lipinski definition) is 1. The van der Waals surface area contributed by atoms with Crippen molar-refractivity contribution in [1.82, 2.24) is 0 Å². The quantitative estimate of drug-likeness (QED) is 0.671. The van der Waals surface area contributed by atoms with Crippen LogP contribution in [0.4, 0.5) is 11.4 Å². The molecule has 0 unspecified atom stereocenters. The smallest absolute Gasteiger partial charge is 0.271 e. The van der Waals surface area contributed by atoms with E-state index in [1.165, 1.54) is 12.1 Å². The van der Waals surface area contributed by atoms with Crippen LogP contribution in [-0.4, -0.2) is 11.0 Å². The number of nitro groups is 1. The van der Waals surface area contributed by atoms with E-state index in [1.54, 1.807) is 0 Å². The van der Waals surface area contributed by atoms with Crippen LogP contribution in [0.25, 0.3) is 0 Å². The van der Waals surface area contributed by atoms with Gasteiger partial charge in [0.15, 0.2) is 0 Å². The Hall–Kier alpha value is -0.620. The Kier molecular flexibility index (Phi) is 4.10. The monoisotopic (exact) mass is 336 g/mol. The van der Waals surface area contributed by atoms with Crippen LogP contribution in [0.1, 0.15) is 13.8 Å². The fourth-order valence-electron chi connectivity index (χ4n) is 1.09. The second kappa shape index (κ2) is 4.94. The maximum Gasteiger partial charge on any atom is 0.271 e. The Morgan fingerprint density at radius 3 is 2.13 bits per heavy atom. The second-order valence-corrected chi connectivity index (χ2v) is 5.05. The molecule has 15 heavy (non-hydrogen) atoms. The first-order chi connectivity index (χ1) is 6.91. The average molecular weight is 338 g/mol. The Morgan fingerprint density at radius 2 is 1.80 bits per heavy atom. The number of benzene rings is 1. The molecule has 0 fully saturated rings. The number of rotatable bonds is 3. The van der Waals surface area contributed by atoms with Crippen LogP contribution >= 0.6 is 31.9 Å². The third-order valence-electron chi connectivity index (χ3n) is 1.67. The van der Waals surface area contributed by atoms with Crippen LogP contribution in [0.3, 0.4) is 0 Å². The van der Waals surface area contributed by atoms with Gasteiger partial charge in [-0.05, 0) is 45.7 Å². The lowest BCUT2D eigenvalue weighted by atomic mass is 10.2. The molecule has 0 spiro atoms. The van der Waals surface area contributed by atoms with Crippen molar-refractivity contribution in [2.75, 3.05) is 5.32 Å². The average Bonchev–Trinajstić information content (AvgIpc) is 2.10. The van der Waals surface area contributed by atoms with Crippen molar-refractivity contribution in [3.8, 4) is 0 Å². The first kappa shape index (κ1) is 12.4. The fourth-order valence-corrected chi connectivity index (χ4v) is 2.48. The van der Waals surface area contributed by atoms with E-state index in [4.69, 9.17) is 0 Å². The third-order valence-corrected chi connectivity index (χ3v) is 2.92. The van der Waals surface area contributed by atoms with E-state index in [2.05, 4.69) is 37.2 Å². The summed E-state index contributed by atoms with van der Waals surface area (Å²) >= 11 is 6.60. The van der Waals surface area contributed by atoms with Crippen molar-refractivity contribution in [2.24, 2.45) is 0 Å². The minimum Gasteiger partial charge on any atom is -0.381 e. The van der Waals surface area contributed by atoms with Gasteiger partial charge in [0.1, 0.15) is 0 Å². The van der Waals surface area contributed by atoms with Crippen LogP contribution < -0.4 is 5.32 Å². The third kappa shape index (κ3) is 3.17. The number of nitrogens with one attached hydrogen (secondary N) is 1. The van der Waals surface area contributed by atoms with E-state index in [0.717, 1.165) is 5.69 Å². The number of anilines is 1. The lowest BCUT2D eigenvalue weighted by molar-refractivity contribution is -0.385. The molecular formula is C9H10Br2N2O2. The number of halogens is 2. The zero-order valence-corrected chi connectivity index (χ0v) is 11.4. The molecular weight excluding hydrogens is 328 g/mol. The van der Waals surface area contributed by atoms with Crippen LogP contribution in [0.15, 0.2) is 21.1 Å². The van der Waals surface area contributed by atoms with Gasteiger partial charge < -0.3 is 5.32 Å². The largest absolute Gasteiger partial charge is 0.381 e. The summed E-state index contributed by atoms with van der Waals surface area (Å²) in [4.78, 5) is 10.2. The zero-order chi connectivity index (χ0) is 11.6. The second-order valence-electron chi connectivity index (χ2n) is 3.34. The number of non-ortho nitro benzene ring substituents is 1.